The molecular weight excluding hydrogens is 290 g/mol. The van der Waals surface area contributed by atoms with E-state index in [-0.39, 0.29) is 5.28 Å². The van der Waals surface area contributed by atoms with Crippen LogP contribution in [0.15, 0.2) is 18.5 Å². The number of likely N-dealkylation sites (N-methyl/N-ethyl adjacent to an activating group) is 1. The smallest absolute Gasteiger partial charge is 0.256 e. The predicted molar refractivity (Wildman–Crippen MR) is 82.9 cm³/mol. The van der Waals surface area contributed by atoms with E-state index in [1.807, 2.05) is 0 Å². The summed E-state index contributed by atoms with van der Waals surface area (Å²) in [7, 11) is 0. The van der Waals surface area contributed by atoms with Gasteiger partial charge in [0, 0.05) is 25.5 Å². The Morgan fingerprint density at radius 1 is 1.24 bits per heavy atom. The molecule has 2 heterocycles. The highest BCUT2D eigenvalue weighted by molar-refractivity contribution is 6.28. The summed E-state index contributed by atoms with van der Waals surface area (Å²) in [6, 6.07) is 1.80. The van der Waals surface area contributed by atoms with Crippen LogP contribution < -0.4 is 5.32 Å². The maximum Gasteiger partial charge on any atom is 0.256 e. The average molecular weight is 310 g/mol. The summed E-state index contributed by atoms with van der Waals surface area (Å²) in [5.74, 6) is 0.872. The zero-order valence-corrected chi connectivity index (χ0v) is 13.1. The standard InChI is InChI=1S/C13H20ClN7/c1-3-8-20(4-2)10-7-15-12-17-11(14)18-13(19-12)21-9-5-6-16-21/h5-6,9H,3-4,7-8,10H2,1-2H3,(H,15,17,18,19). The van der Waals surface area contributed by atoms with Crippen molar-refractivity contribution in [2.45, 2.75) is 20.3 Å². The van der Waals surface area contributed by atoms with Gasteiger partial charge in [0.1, 0.15) is 0 Å². The van der Waals surface area contributed by atoms with Crippen molar-refractivity contribution in [2.75, 3.05) is 31.5 Å². The van der Waals surface area contributed by atoms with Crippen molar-refractivity contribution in [1.29, 1.82) is 0 Å². The summed E-state index contributed by atoms with van der Waals surface area (Å²) in [5.41, 5.74) is 0. The lowest BCUT2D eigenvalue weighted by molar-refractivity contribution is 0.300. The molecule has 0 fully saturated rings. The predicted octanol–water partition coefficient (Wildman–Crippen LogP) is 1.85. The third kappa shape index (κ3) is 4.64. The van der Waals surface area contributed by atoms with Gasteiger partial charge in [-0.2, -0.15) is 20.1 Å². The van der Waals surface area contributed by atoms with Crippen LogP contribution in [0.1, 0.15) is 20.3 Å². The number of hydrogen-bond acceptors (Lipinski definition) is 6. The minimum atomic E-state index is 0.152. The maximum atomic E-state index is 5.93. The molecule has 2 aromatic heterocycles. The average Bonchev–Trinajstić information content (AvgIpc) is 3.00. The van der Waals surface area contributed by atoms with Crippen molar-refractivity contribution in [3.05, 3.63) is 23.7 Å². The van der Waals surface area contributed by atoms with Gasteiger partial charge in [0.05, 0.1) is 0 Å². The van der Waals surface area contributed by atoms with Crippen LogP contribution in [0.3, 0.4) is 0 Å². The van der Waals surface area contributed by atoms with Crippen LogP contribution in [0.2, 0.25) is 5.28 Å². The second kappa shape index (κ2) is 7.90. The second-order valence-corrected chi connectivity index (χ2v) is 4.88. The van der Waals surface area contributed by atoms with Gasteiger partial charge in [0.2, 0.25) is 11.2 Å². The summed E-state index contributed by atoms with van der Waals surface area (Å²) >= 11 is 5.93. The highest BCUT2D eigenvalue weighted by atomic mass is 35.5. The van der Waals surface area contributed by atoms with E-state index >= 15 is 0 Å². The van der Waals surface area contributed by atoms with Gasteiger partial charge < -0.3 is 10.2 Å². The highest BCUT2D eigenvalue weighted by Crippen LogP contribution is 2.08. The van der Waals surface area contributed by atoms with E-state index in [0.717, 1.165) is 32.6 Å². The van der Waals surface area contributed by atoms with Crippen molar-refractivity contribution in [3.8, 4) is 5.95 Å². The summed E-state index contributed by atoms with van der Waals surface area (Å²) in [6.07, 6.45) is 4.57. The van der Waals surface area contributed by atoms with E-state index in [4.69, 9.17) is 11.6 Å². The van der Waals surface area contributed by atoms with Gasteiger partial charge in [-0.1, -0.05) is 13.8 Å². The van der Waals surface area contributed by atoms with Crippen LogP contribution in [0.5, 0.6) is 0 Å². The third-order valence-electron chi connectivity index (χ3n) is 3.00. The molecule has 7 nitrogen and oxygen atoms in total. The Hall–Kier alpha value is -1.73. The summed E-state index contributed by atoms with van der Waals surface area (Å²) in [6.45, 7) is 8.15. The Labute approximate surface area is 129 Å². The first-order valence-electron chi connectivity index (χ1n) is 7.10. The molecule has 0 aliphatic rings. The molecule has 0 atom stereocenters. The number of nitrogens with zero attached hydrogens (tertiary/aromatic N) is 6. The minimum Gasteiger partial charge on any atom is -0.353 e. The van der Waals surface area contributed by atoms with Gasteiger partial charge in [0.25, 0.3) is 5.95 Å². The quantitative estimate of drug-likeness (QED) is 0.802. The Kier molecular flexibility index (Phi) is 5.89. The van der Waals surface area contributed by atoms with Gasteiger partial charge in [-0.25, -0.2) is 4.68 Å². The molecule has 0 aromatic carbocycles. The normalized spacial score (nSPS) is 11.0. The Morgan fingerprint density at radius 2 is 2.10 bits per heavy atom. The van der Waals surface area contributed by atoms with E-state index in [1.165, 1.54) is 0 Å². The van der Waals surface area contributed by atoms with E-state index < -0.39 is 0 Å². The molecule has 2 aromatic rings. The topological polar surface area (TPSA) is 71.8 Å². The van der Waals surface area contributed by atoms with Crippen LogP contribution in [-0.2, 0) is 0 Å². The van der Waals surface area contributed by atoms with Crippen molar-refractivity contribution < 1.29 is 0 Å². The molecular formula is C13H20ClN7. The number of anilines is 1. The molecule has 21 heavy (non-hydrogen) atoms. The number of halogens is 1. The fourth-order valence-electron chi connectivity index (χ4n) is 1.98. The molecule has 0 spiro atoms. The van der Waals surface area contributed by atoms with Gasteiger partial charge in [-0.3, -0.25) is 0 Å². The monoisotopic (exact) mass is 309 g/mol. The van der Waals surface area contributed by atoms with E-state index in [9.17, 15) is 0 Å². The molecule has 0 bridgehead atoms. The first kappa shape index (κ1) is 15.7. The Morgan fingerprint density at radius 3 is 2.76 bits per heavy atom. The molecule has 0 unspecified atom stereocenters. The fourth-order valence-corrected chi connectivity index (χ4v) is 2.13. The molecule has 0 aliphatic carbocycles. The van der Waals surface area contributed by atoms with Crippen molar-refractivity contribution >= 4 is 17.5 Å². The fraction of sp³-hybridized carbons (Fsp3) is 0.538. The lowest BCUT2D eigenvalue weighted by atomic mass is 10.4. The van der Waals surface area contributed by atoms with E-state index in [0.29, 0.717) is 11.9 Å². The SMILES string of the molecule is CCCN(CC)CCNc1nc(Cl)nc(-n2cccn2)n1. The molecule has 1 N–H and O–H groups in total. The summed E-state index contributed by atoms with van der Waals surface area (Å²) < 4.78 is 1.55. The molecule has 0 radical (unpaired) electrons. The summed E-state index contributed by atoms with van der Waals surface area (Å²) in [5, 5.41) is 7.42. The lowest BCUT2D eigenvalue weighted by Gasteiger charge is -2.19. The number of rotatable bonds is 8. The Bertz CT molecular complexity index is 543. The van der Waals surface area contributed by atoms with E-state index in [2.05, 4.69) is 44.1 Å². The molecule has 8 heteroatoms. The van der Waals surface area contributed by atoms with E-state index in [1.54, 1.807) is 23.1 Å². The summed E-state index contributed by atoms with van der Waals surface area (Å²) in [4.78, 5) is 14.8. The van der Waals surface area contributed by atoms with Crippen LogP contribution in [0.25, 0.3) is 5.95 Å². The zero-order chi connectivity index (χ0) is 15.1. The van der Waals surface area contributed by atoms with Gasteiger partial charge in [-0.05, 0) is 37.2 Å². The first-order chi connectivity index (χ1) is 10.2. The van der Waals surface area contributed by atoms with Crippen LogP contribution in [0, 0.1) is 0 Å². The largest absolute Gasteiger partial charge is 0.353 e. The van der Waals surface area contributed by atoms with Crippen LogP contribution in [-0.4, -0.2) is 55.8 Å². The van der Waals surface area contributed by atoms with Gasteiger partial charge in [-0.15, -0.1) is 0 Å². The molecule has 0 saturated heterocycles. The van der Waals surface area contributed by atoms with Crippen LogP contribution >= 0.6 is 11.6 Å². The highest BCUT2D eigenvalue weighted by Gasteiger charge is 2.07. The van der Waals surface area contributed by atoms with Crippen molar-refractivity contribution in [3.63, 3.8) is 0 Å². The number of hydrogen-bond donors (Lipinski definition) is 1. The van der Waals surface area contributed by atoms with Gasteiger partial charge in [0.15, 0.2) is 0 Å². The minimum absolute atomic E-state index is 0.152. The van der Waals surface area contributed by atoms with Crippen LogP contribution in [0.4, 0.5) is 5.95 Å². The Balaban J connectivity index is 1.97. The third-order valence-corrected chi connectivity index (χ3v) is 3.17. The van der Waals surface area contributed by atoms with Crippen molar-refractivity contribution in [2.24, 2.45) is 0 Å². The number of aromatic nitrogens is 5. The second-order valence-electron chi connectivity index (χ2n) is 4.54. The molecule has 0 amide bonds. The zero-order valence-electron chi connectivity index (χ0n) is 12.3. The molecule has 0 saturated carbocycles. The lowest BCUT2D eigenvalue weighted by Crippen LogP contribution is -2.30. The van der Waals surface area contributed by atoms with Gasteiger partial charge >= 0.3 is 0 Å². The van der Waals surface area contributed by atoms with Crippen molar-refractivity contribution in [1.82, 2.24) is 29.6 Å². The maximum absolute atomic E-state index is 5.93. The first-order valence-corrected chi connectivity index (χ1v) is 7.48. The molecule has 114 valence electrons. The molecule has 2 rings (SSSR count). The molecule has 0 aliphatic heterocycles. The number of nitrogens with one attached hydrogen (secondary N) is 1.